The molecule has 0 spiro atoms. The molecule has 26 heavy (non-hydrogen) atoms. The predicted octanol–water partition coefficient (Wildman–Crippen LogP) is 4.95. The third kappa shape index (κ3) is 4.56. The van der Waals surface area contributed by atoms with Crippen LogP contribution in [0.25, 0.3) is 0 Å². The third-order valence-electron chi connectivity index (χ3n) is 3.39. The second kappa shape index (κ2) is 8.25. The van der Waals surface area contributed by atoms with E-state index in [9.17, 15) is 13.6 Å². The minimum absolute atomic E-state index is 0.180. The first-order chi connectivity index (χ1) is 12.5. The number of carbonyl (C=O) groups is 1. The summed E-state index contributed by atoms with van der Waals surface area (Å²) in [5, 5.41) is 11.3. The lowest BCUT2D eigenvalue weighted by Gasteiger charge is -2.06. The van der Waals surface area contributed by atoms with Crippen LogP contribution in [0.3, 0.4) is 0 Å². The molecule has 0 bridgehead atoms. The Morgan fingerprint density at radius 3 is 2.58 bits per heavy atom. The van der Waals surface area contributed by atoms with Crippen molar-refractivity contribution >= 4 is 35.1 Å². The van der Waals surface area contributed by atoms with Crippen molar-refractivity contribution in [3.8, 4) is 0 Å². The van der Waals surface area contributed by atoms with Gasteiger partial charge in [0.1, 0.15) is 16.7 Å². The molecule has 3 aromatic rings. The van der Waals surface area contributed by atoms with Crippen molar-refractivity contribution in [2.24, 2.45) is 0 Å². The lowest BCUT2D eigenvalue weighted by molar-refractivity contribution is 0.102. The van der Waals surface area contributed by atoms with E-state index < -0.39 is 11.7 Å². The third-order valence-corrected chi connectivity index (χ3v) is 4.70. The van der Waals surface area contributed by atoms with E-state index in [1.165, 1.54) is 36.0 Å². The summed E-state index contributed by atoms with van der Waals surface area (Å²) < 4.78 is 26.9. The largest absolute Gasteiger partial charge is 0.305 e. The molecule has 1 N–H and O–H groups in total. The second-order valence-electron chi connectivity index (χ2n) is 5.21. The van der Waals surface area contributed by atoms with Gasteiger partial charge >= 0.3 is 0 Å². The molecule has 0 aliphatic carbocycles. The van der Waals surface area contributed by atoms with Gasteiger partial charge in [-0.1, -0.05) is 35.5 Å². The SMILES string of the molecule is O=C(Nc1ccc(SCc2c(F)cccc2Cl)nn1)c1cccc(F)c1. The van der Waals surface area contributed by atoms with E-state index in [4.69, 9.17) is 11.6 Å². The Hall–Kier alpha value is -2.51. The highest BCUT2D eigenvalue weighted by molar-refractivity contribution is 7.98. The molecule has 0 saturated carbocycles. The number of benzene rings is 2. The Labute approximate surface area is 157 Å². The Balaban J connectivity index is 1.62. The standard InChI is InChI=1S/C18H12ClF2N3OS/c19-14-5-2-6-15(21)13(14)10-26-17-8-7-16(23-24-17)22-18(25)11-3-1-4-12(20)9-11/h1-9H,10H2,(H,22,23,25). The van der Waals surface area contributed by atoms with Crippen LogP contribution in [0.5, 0.6) is 0 Å². The number of thioether (sulfide) groups is 1. The molecule has 0 aliphatic heterocycles. The highest BCUT2D eigenvalue weighted by Crippen LogP contribution is 2.27. The van der Waals surface area contributed by atoms with E-state index in [0.29, 0.717) is 21.4 Å². The monoisotopic (exact) mass is 391 g/mol. The fraction of sp³-hybridized carbons (Fsp3) is 0.0556. The summed E-state index contributed by atoms with van der Waals surface area (Å²) >= 11 is 7.25. The lowest BCUT2D eigenvalue weighted by atomic mass is 10.2. The van der Waals surface area contributed by atoms with Gasteiger partial charge in [0.15, 0.2) is 5.82 Å². The van der Waals surface area contributed by atoms with Gasteiger partial charge in [0.05, 0.1) is 0 Å². The van der Waals surface area contributed by atoms with Crippen LogP contribution in [0.2, 0.25) is 5.02 Å². The number of halogens is 3. The highest BCUT2D eigenvalue weighted by Gasteiger charge is 2.10. The minimum atomic E-state index is -0.498. The number of hydrogen-bond acceptors (Lipinski definition) is 4. The van der Waals surface area contributed by atoms with E-state index in [0.717, 1.165) is 6.07 Å². The number of rotatable bonds is 5. The molecule has 2 aromatic carbocycles. The molecular formula is C18H12ClF2N3OS. The normalized spacial score (nSPS) is 10.6. The average molecular weight is 392 g/mol. The summed E-state index contributed by atoms with van der Waals surface area (Å²) in [6.45, 7) is 0. The van der Waals surface area contributed by atoms with Gasteiger partial charge < -0.3 is 5.32 Å². The number of aromatic nitrogens is 2. The maximum atomic E-state index is 13.7. The van der Waals surface area contributed by atoms with E-state index in [-0.39, 0.29) is 17.2 Å². The van der Waals surface area contributed by atoms with Crippen molar-refractivity contribution in [3.63, 3.8) is 0 Å². The summed E-state index contributed by atoms with van der Waals surface area (Å²) in [7, 11) is 0. The summed E-state index contributed by atoms with van der Waals surface area (Å²) in [6, 6.07) is 13.0. The van der Waals surface area contributed by atoms with E-state index >= 15 is 0 Å². The van der Waals surface area contributed by atoms with Crippen LogP contribution in [0, 0.1) is 11.6 Å². The van der Waals surface area contributed by atoms with Crippen LogP contribution in [-0.2, 0) is 5.75 Å². The summed E-state index contributed by atoms with van der Waals surface area (Å²) in [6.07, 6.45) is 0. The quantitative estimate of drug-likeness (QED) is 0.625. The van der Waals surface area contributed by atoms with Crippen LogP contribution in [0.1, 0.15) is 15.9 Å². The summed E-state index contributed by atoms with van der Waals surface area (Å²) in [5.74, 6) is -0.834. The fourth-order valence-corrected chi connectivity index (χ4v) is 3.26. The maximum absolute atomic E-state index is 13.7. The predicted molar refractivity (Wildman–Crippen MR) is 97.4 cm³/mol. The summed E-state index contributed by atoms with van der Waals surface area (Å²) in [5.41, 5.74) is 0.573. The zero-order chi connectivity index (χ0) is 18.5. The molecule has 8 heteroatoms. The van der Waals surface area contributed by atoms with Gasteiger partial charge in [-0.3, -0.25) is 4.79 Å². The molecule has 0 radical (unpaired) electrons. The number of nitrogens with one attached hydrogen (secondary N) is 1. The van der Waals surface area contributed by atoms with Crippen molar-refractivity contribution in [2.75, 3.05) is 5.32 Å². The molecule has 1 heterocycles. The van der Waals surface area contributed by atoms with Gasteiger partial charge in [0, 0.05) is 21.9 Å². The first-order valence-electron chi connectivity index (χ1n) is 7.49. The molecule has 1 amide bonds. The van der Waals surface area contributed by atoms with E-state index in [1.807, 2.05) is 0 Å². The van der Waals surface area contributed by atoms with Crippen molar-refractivity contribution in [1.82, 2.24) is 10.2 Å². The number of nitrogens with zero attached hydrogens (tertiary/aromatic N) is 2. The molecular weight excluding hydrogens is 380 g/mol. The molecule has 0 atom stereocenters. The van der Waals surface area contributed by atoms with Crippen LogP contribution in [-0.4, -0.2) is 16.1 Å². The molecule has 0 aliphatic rings. The van der Waals surface area contributed by atoms with Gasteiger partial charge in [-0.2, -0.15) is 0 Å². The van der Waals surface area contributed by atoms with Gasteiger partial charge in [-0.05, 0) is 42.5 Å². The number of carbonyl (C=O) groups excluding carboxylic acids is 1. The first-order valence-corrected chi connectivity index (χ1v) is 8.85. The maximum Gasteiger partial charge on any atom is 0.256 e. The van der Waals surface area contributed by atoms with Crippen LogP contribution in [0.4, 0.5) is 14.6 Å². The van der Waals surface area contributed by atoms with Gasteiger partial charge in [0.2, 0.25) is 0 Å². The zero-order valence-electron chi connectivity index (χ0n) is 13.2. The molecule has 3 rings (SSSR count). The van der Waals surface area contributed by atoms with Crippen molar-refractivity contribution in [2.45, 2.75) is 10.8 Å². The Bertz CT molecular complexity index is 918. The van der Waals surface area contributed by atoms with Crippen LogP contribution in [0.15, 0.2) is 59.6 Å². The number of amides is 1. The molecule has 0 saturated heterocycles. The Morgan fingerprint density at radius 1 is 1.08 bits per heavy atom. The minimum Gasteiger partial charge on any atom is -0.305 e. The fourth-order valence-electron chi connectivity index (χ4n) is 2.10. The topological polar surface area (TPSA) is 54.9 Å². The van der Waals surface area contributed by atoms with Crippen molar-refractivity contribution < 1.29 is 13.6 Å². The first kappa shape index (κ1) is 18.3. The zero-order valence-corrected chi connectivity index (χ0v) is 14.8. The number of hydrogen-bond donors (Lipinski definition) is 1. The Kier molecular flexibility index (Phi) is 5.80. The van der Waals surface area contributed by atoms with E-state index in [1.54, 1.807) is 24.3 Å². The van der Waals surface area contributed by atoms with Gasteiger partial charge in [0.25, 0.3) is 5.91 Å². The highest BCUT2D eigenvalue weighted by atomic mass is 35.5. The van der Waals surface area contributed by atoms with Crippen molar-refractivity contribution in [3.05, 3.63) is 82.4 Å². The van der Waals surface area contributed by atoms with Crippen LogP contribution < -0.4 is 5.32 Å². The number of anilines is 1. The smallest absolute Gasteiger partial charge is 0.256 e. The average Bonchev–Trinajstić information content (AvgIpc) is 2.62. The molecule has 1 aromatic heterocycles. The summed E-state index contributed by atoms with van der Waals surface area (Å²) in [4.78, 5) is 12.0. The molecule has 0 fully saturated rings. The van der Waals surface area contributed by atoms with Gasteiger partial charge in [-0.15, -0.1) is 10.2 Å². The van der Waals surface area contributed by atoms with E-state index in [2.05, 4.69) is 15.5 Å². The molecule has 4 nitrogen and oxygen atoms in total. The molecule has 0 unspecified atom stereocenters. The lowest BCUT2D eigenvalue weighted by Crippen LogP contribution is -2.13. The van der Waals surface area contributed by atoms with Crippen molar-refractivity contribution in [1.29, 1.82) is 0 Å². The molecule has 132 valence electrons. The second-order valence-corrected chi connectivity index (χ2v) is 6.61. The van der Waals surface area contributed by atoms with Crippen LogP contribution >= 0.6 is 23.4 Å². The Morgan fingerprint density at radius 2 is 1.88 bits per heavy atom. The van der Waals surface area contributed by atoms with Gasteiger partial charge in [-0.25, -0.2) is 8.78 Å².